The molecule has 2 heterocycles. The summed E-state index contributed by atoms with van der Waals surface area (Å²) in [5.41, 5.74) is 0.831. The number of anilines is 1. The van der Waals surface area contributed by atoms with Crippen LogP contribution in [0.2, 0.25) is 5.02 Å². The number of nitrogens with one attached hydrogen (secondary N) is 2. The maximum Gasteiger partial charge on any atom is 0.412 e. The van der Waals surface area contributed by atoms with Gasteiger partial charge in [-0.3, -0.25) is 10.1 Å². The van der Waals surface area contributed by atoms with E-state index in [9.17, 15) is 23.2 Å². The minimum absolute atomic E-state index is 0.0339. The number of halogens is 3. The summed E-state index contributed by atoms with van der Waals surface area (Å²) in [4.78, 5) is 43.7. The normalized spacial score (nSPS) is 14.2. The first kappa shape index (κ1) is 31.7. The van der Waals surface area contributed by atoms with Crippen molar-refractivity contribution in [1.82, 2.24) is 25.2 Å². The molecular formula is C29H33ClF2N6O5. The SMILES string of the molecule is CN1CCN(C(=O)CC[C@@H](COC(=O)Nc2cc(-c3cccc(F)c3)on2)N(C)C(=O)NCc2cccc(F)c2Cl)CC1. The van der Waals surface area contributed by atoms with Crippen LogP contribution in [-0.4, -0.2) is 90.8 Å². The topological polar surface area (TPSA) is 120 Å². The Balaban J connectivity index is 1.36. The van der Waals surface area contributed by atoms with Crippen molar-refractivity contribution in [1.29, 1.82) is 0 Å². The summed E-state index contributed by atoms with van der Waals surface area (Å²) in [6, 6.07) is 10.2. The Morgan fingerprint density at radius 3 is 2.60 bits per heavy atom. The zero-order chi connectivity index (χ0) is 30.9. The molecule has 43 heavy (non-hydrogen) atoms. The molecular weight excluding hydrogens is 586 g/mol. The first-order valence-corrected chi connectivity index (χ1v) is 14.0. The Morgan fingerprint density at radius 1 is 1.12 bits per heavy atom. The number of aromatic nitrogens is 1. The van der Waals surface area contributed by atoms with Crippen LogP contribution in [0.1, 0.15) is 18.4 Å². The first-order chi connectivity index (χ1) is 20.6. The number of urea groups is 1. The Bertz CT molecular complexity index is 1430. The highest BCUT2D eigenvalue weighted by Gasteiger charge is 2.26. The molecule has 4 rings (SSSR count). The van der Waals surface area contributed by atoms with Crippen LogP contribution < -0.4 is 10.6 Å². The van der Waals surface area contributed by atoms with Crippen molar-refractivity contribution in [2.75, 3.05) is 52.2 Å². The van der Waals surface area contributed by atoms with Gasteiger partial charge in [0.2, 0.25) is 5.91 Å². The summed E-state index contributed by atoms with van der Waals surface area (Å²) in [5, 5.41) is 8.79. The lowest BCUT2D eigenvalue weighted by Gasteiger charge is -2.33. The number of nitrogens with zero attached hydrogens (tertiary/aromatic N) is 4. The average molecular weight is 619 g/mol. The summed E-state index contributed by atoms with van der Waals surface area (Å²) >= 11 is 6.00. The van der Waals surface area contributed by atoms with E-state index in [0.29, 0.717) is 24.2 Å². The number of rotatable bonds is 10. The number of carbonyl (C=O) groups excluding carboxylic acids is 3. The third-order valence-corrected chi connectivity index (χ3v) is 7.56. The van der Waals surface area contributed by atoms with E-state index in [4.69, 9.17) is 20.9 Å². The number of carbonyl (C=O) groups is 3. The van der Waals surface area contributed by atoms with Crippen molar-refractivity contribution >= 4 is 35.5 Å². The molecule has 230 valence electrons. The molecule has 0 bridgehead atoms. The highest BCUT2D eigenvalue weighted by atomic mass is 35.5. The lowest BCUT2D eigenvalue weighted by atomic mass is 10.1. The second-order valence-corrected chi connectivity index (χ2v) is 10.5. The summed E-state index contributed by atoms with van der Waals surface area (Å²) in [7, 11) is 3.50. The van der Waals surface area contributed by atoms with E-state index in [1.54, 1.807) is 17.0 Å². The molecule has 11 nitrogen and oxygen atoms in total. The smallest absolute Gasteiger partial charge is 0.412 e. The molecule has 4 amide bonds. The summed E-state index contributed by atoms with van der Waals surface area (Å²) in [5.74, 6) is -0.826. The number of ether oxygens (including phenoxy) is 1. The van der Waals surface area contributed by atoms with Gasteiger partial charge in [0.15, 0.2) is 11.6 Å². The van der Waals surface area contributed by atoms with Gasteiger partial charge in [-0.1, -0.05) is 41.0 Å². The van der Waals surface area contributed by atoms with E-state index in [1.807, 2.05) is 7.05 Å². The molecule has 1 aromatic heterocycles. The molecule has 2 aromatic carbocycles. The number of amides is 4. The molecule has 1 aliphatic rings. The van der Waals surface area contributed by atoms with Gasteiger partial charge in [-0.15, -0.1) is 0 Å². The lowest BCUT2D eigenvalue weighted by Crippen LogP contribution is -2.48. The second kappa shape index (κ2) is 14.8. The van der Waals surface area contributed by atoms with Crippen molar-refractivity contribution in [2.45, 2.75) is 25.4 Å². The number of hydrogen-bond donors (Lipinski definition) is 2. The maximum absolute atomic E-state index is 13.8. The molecule has 0 saturated carbocycles. The van der Waals surface area contributed by atoms with Crippen molar-refractivity contribution in [3.63, 3.8) is 0 Å². The Kier molecular flexibility index (Phi) is 10.9. The molecule has 0 unspecified atom stereocenters. The minimum atomic E-state index is -0.866. The van der Waals surface area contributed by atoms with Gasteiger partial charge in [-0.25, -0.2) is 18.4 Å². The van der Waals surface area contributed by atoms with Gasteiger partial charge in [-0.2, -0.15) is 0 Å². The Hall–Kier alpha value is -4.23. The summed E-state index contributed by atoms with van der Waals surface area (Å²) in [6.07, 6.45) is -0.515. The molecule has 1 aliphatic heterocycles. The van der Waals surface area contributed by atoms with Crippen molar-refractivity contribution in [3.8, 4) is 11.3 Å². The lowest BCUT2D eigenvalue weighted by molar-refractivity contribution is -0.133. The van der Waals surface area contributed by atoms with Gasteiger partial charge in [0.25, 0.3) is 0 Å². The second-order valence-electron chi connectivity index (χ2n) is 10.2. The Labute approximate surface area is 252 Å². The molecule has 14 heteroatoms. The van der Waals surface area contributed by atoms with Crippen LogP contribution in [0.15, 0.2) is 53.1 Å². The highest BCUT2D eigenvalue weighted by Crippen LogP contribution is 2.23. The fourth-order valence-electron chi connectivity index (χ4n) is 4.46. The predicted octanol–water partition coefficient (Wildman–Crippen LogP) is 4.59. The number of benzene rings is 2. The van der Waals surface area contributed by atoms with E-state index in [-0.39, 0.29) is 48.5 Å². The van der Waals surface area contributed by atoms with Gasteiger partial charge in [-0.05, 0) is 37.2 Å². The summed E-state index contributed by atoms with van der Waals surface area (Å²) in [6.45, 7) is 2.49. The Morgan fingerprint density at radius 2 is 1.86 bits per heavy atom. The standard InChI is InChI=1S/C29H33ClF2N6O5/c1-36-11-13-38(14-12-36)26(39)10-9-22(37(2)28(40)33-17-20-6-4-8-23(32)27(20)30)18-42-29(41)34-25-16-24(43-35-25)19-5-3-7-21(31)15-19/h3-8,15-16,22H,9-14,17-18H2,1-2H3,(H,33,40)(H,34,35,41)/t22-/m0/s1. The van der Waals surface area contributed by atoms with Gasteiger partial charge >= 0.3 is 12.1 Å². The molecule has 0 aliphatic carbocycles. The van der Waals surface area contributed by atoms with Crippen LogP contribution in [0.4, 0.5) is 24.2 Å². The average Bonchev–Trinajstić information content (AvgIpc) is 3.46. The number of hydrogen-bond acceptors (Lipinski definition) is 7. The highest BCUT2D eigenvalue weighted by molar-refractivity contribution is 6.31. The quantitative estimate of drug-likeness (QED) is 0.341. The first-order valence-electron chi connectivity index (χ1n) is 13.7. The molecule has 3 aromatic rings. The fourth-order valence-corrected chi connectivity index (χ4v) is 4.66. The van der Waals surface area contributed by atoms with Crippen molar-refractivity contribution in [3.05, 3.63) is 70.8 Å². The zero-order valence-electron chi connectivity index (χ0n) is 23.8. The van der Waals surface area contributed by atoms with Crippen molar-refractivity contribution in [2.24, 2.45) is 0 Å². The molecule has 0 radical (unpaired) electrons. The van der Waals surface area contributed by atoms with Crippen LogP contribution in [0.3, 0.4) is 0 Å². The molecule has 1 saturated heterocycles. The third kappa shape index (κ3) is 8.88. The van der Waals surface area contributed by atoms with E-state index < -0.39 is 29.8 Å². The molecule has 1 atom stereocenters. The third-order valence-electron chi connectivity index (χ3n) is 7.13. The summed E-state index contributed by atoms with van der Waals surface area (Å²) < 4.78 is 37.9. The molecule has 2 N–H and O–H groups in total. The maximum atomic E-state index is 13.8. The number of piperazine rings is 1. The van der Waals surface area contributed by atoms with Crippen LogP contribution >= 0.6 is 11.6 Å². The van der Waals surface area contributed by atoms with Crippen molar-refractivity contribution < 1.29 is 32.4 Å². The monoisotopic (exact) mass is 618 g/mol. The van der Waals surface area contributed by atoms with Gasteiger partial charge < -0.3 is 29.3 Å². The fraction of sp³-hybridized carbons (Fsp3) is 0.379. The van der Waals surface area contributed by atoms with E-state index in [2.05, 4.69) is 20.7 Å². The molecule has 0 spiro atoms. The van der Waals surface area contributed by atoms with Crippen LogP contribution in [-0.2, 0) is 16.1 Å². The van der Waals surface area contributed by atoms with Gasteiger partial charge in [0.1, 0.15) is 18.2 Å². The van der Waals surface area contributed by atoms with E-state index in [1.165, 1.54) is 48.3 Å². The van der Waals surface area contributed by atoms with E-state index in [0.717, 1.165) is 13.1 Å². The van der Waals surface area contributed by atoms with Crippen LogP contribution in [0, 0.1) is 11.6 Å². The predicted molar refractivity (Wildman–Crippen MR) is 155 cm³/mol. The van der Waals surface area contributed by atoms with Crippen LogP contribution in [0.25, 0.3) is 11.3 Å². The van der Waals surface area contributed by atoms with Crippen LogP contribution in [0.5, 0.6) is 0 Å². The number of likely N-dealkylation sites (N-methyl/N-ethyl adjacent to an activating group) is 2. The molecule has 1 fully saturated rings. The van der Waals surface area contributed by atoms with Gasteiger partial charge in [0.05, 0.1) is 11.1 Å². The van der Waals surface area contributed by atoms with E-state index >= 15 is 0 Å². The minimum Gasteiger partial charge on any atom is -0.447 e. The largest absolute Gasteiger partial charge is 0.447 e. The van der Waals surface area contributed by atoms with Gasteiger partial charge in [0, 0.05) is 57.8 Å². The zero-order valence-corrected chi connectivity index (χ0v) is 24.6.